The van der Waals surface area contributed by atoms with Crippen molar-refractivity contribution < 1.29 is 14.3 Å². The fourth-order valence-electron chi connectivity index (χ4n) is 3.43. The van der Waals surface area contributed by atoms with Crippen LogP contribution < -0.4 is 15.4 Å². The smallest absolute Gasteiger partial charge is 0.410 e. The second-order valence-corrected chi connectivity index (χ2v) is 7.11. The third-order valence-electron chi connectivity index (χ3n) is 4.81. The minimum atomic E-state index is -0.481. The lowest BCUT2D eigenvalue weighted by atomic mass is 10.0. The Hall–Kier alpha value is -2.57. The van der Waals surface area contributed by atoms with Gasteiger partial charge < -0.3 is 15.4 Å². The molecule has 0 saturated carbocycles. The zero-order valence-electron chi connectivity index (χ0n) is 15.8. The van der Waals surface area contributed by atoms with E-state index in [1.54, 1.807) is 30.3 Å². The van der Waals surface area contributed by atoms with Crippen molar-refractivity contribution in [3.05, 3.63) is 64.7 Å². The van der Waals surface area contributed by atoms with Crippen molar-refractivity contribution in [3.63, 3.8) is 0 Å². The third-order valence-corrected chi connectivity index (χ3v) is 5.06. The van der Waals surface area contributed by atoms with Gasteiger partial charge >= 0.3 is 6.09 Å². The summed E-state index contributed by atoms with van der Waals surface area (Å²) < 4.78 is 5.23. The maximum atomic E-state index is 12.2. The van der Waals surface area contributed by atoms with Gasteiger partial charge in [0.2, 0.25) is 0 Å². The van der Waals surface area contributed by atoms with E-state index < -0.39 is 6.09 Å². The molecular weight excluding hydrogens is 378 g/mol. The van der Waals surface area contributed by atoms with E-state index in [0.29, 0.717) is 22.9 Å². The van der Waals surface area contributed by atoms with Crippen LogP contribution in [0.3, 0.4) is 0 Å². The van der Waals surface area contributed by atoms with Crippen LogP contribution in [0.15, 0.2) is 48.5 Å². The number of ether oxygens (including phenoxy) is 1. The quantitative estimate of drug-likeness (QED) is 0.775. The van der Waals surface area contributed by atoms with E-state index in [0.717, 1.165) is 31.5 Å². The highest BCUT2D eigenvalue weighted by atomic mass is 35.5. The van der Waals surface area contributed by atoms with Gasteiger partial charge in [-0.05, 0) is 61.3 Å². The van der Waals surface area contributed by atoms with Gasteiger partial charge in [0.25, 0.3) is 5.91 Å². The van der Waals surface area contributed by atoms with Crippen LogP contribution in [0, 0.1) is 0 Å². The Balaban J connectivity index is 1.56. The van der Waals surface area contributed by atoms with E-state index in [1.165, 1.54) is 7.05 Å². The molecule has 1 saturated heterocycles. The zero-order chi connectivity index (χ0) is 19.9. The summed E-state index contributed by atoms with van der Waals surface area (Å²) in [6.07, 6.45) is 1.65. The summed E-state index contributed by atoms with van der Waals surface area (Å²) in [6, 6.07) is 14.7. The lowest BCUT2D eigenvalue weighted by Crippen LogP contribution is -2.34. The topological polar surface area (TPSA) is 70.7 Å². The Morgan fingerprint density at radius 3 is 2.75 bits per heavy atom. The largest absolute Gasteiger partial charge is 0.412 e. The molecule has 1 atom stereocenters. The summed E-state index contributed by atoms with van der Waals surface area (Å²) in [7, 11) is 1.53. The molecule has 2 N–H and O–H groups in total. The summed E-state index contributed by atoms with van der Waals surface area (Å²) in [5.41, 5.74) is 1.71. The van der Waals surface area contributed by atoms with Gasteiger partial charge in [-0.2, -0.15) is 0 Å². The van der Waals surface area contributed by atoms with Gasteiger partial charge in [0.05, 0.1) is 0 Å². The third kappa shape index (κ3) is 5.24. The molecule has 1 fully saturated rings. The van der Waals surface area contributed by atoms with Crippen LogP contribution in [-0.2, 0) is 0 Å². The first-order chi connectivity index (χ1) is 13.6. The van der Waals surface area contributed by atoms with Gasteiger partial charge in [-0.3, -0.25) is 9.69 Å². The van der Waals surface area contributed by atoms with Crippen LogP contribution in [0.1, 0.15) is 34.8 Å². The second-order valence-electron chi connectivity index (χ2n) is 6.67. The molecule has 0 spiro atoms. The molecule has 3 rings (SSSR count). The van der Waals surface area contributed by atoms with Crippen molar-refractivity contribution in [2.75, 3.05) is 26.7 Å². The van der Waals surface area contributed by atoms with Crippen LogP contribution in [0.5, 0.6) is 5.75 Å². The normalized spacial score (nSPS) is 16.6. The number of benzene rings is 2. The minimum Gasteiger partial charge on any atom is -0.410 e. The van der Waals surface area contributed by atoms with E-state index in [9.17, 15) is 9.59 Å². The maximum Gasteiger partial charge on any atom is 0.412 e. The molecule has 1 aliphatic heterocycles. The number of rotatable bonds is 6. The summed E-state index contributed by atoms with van der Waals surface area (Å²) in [5.74, 6) is 0.424. The molecule has 148 valence electrons. The fraction of sp³-hybridized carbons (Fsp3) is 0.333. The van der Waals surface area contributed by atoms with E-state index in [4.69, 9.17) is 16.3 Å². The lowest BCUT2D eigenvalue weighted by Gasteiger charge is -2.25. The summed E-state index contributed by atoms with van der Waals surface area (Å²) in [5, 5.41) is 6.02. The minimum absolute atomic E-state index is 0.103. The Labute approximate surface area is 169 Å². The average Bonchev–Trinajstić information content (AvgIpc) is 3.17. The molecule has 2 amide bonds. The van der Waals surface area contributed by atoms with Crippen molar-refractivity contribution in [1.29, 1.82) is 0 Å². The molecule has 2 aromatic carbocycles. The molecule has 2 aromatic rings. The van der Waals surface area contributed by atoms with Gasteiger partial charge in [0, 0.05) is 36.8 Å². The van der Waals surface area contributed by atoms with Crippen LogP contribution >= 0.6 is 11.6 Å². The number of nitrogens with one attached hydrogen (secondary N) is 2. The highest BCUT2D eigenvalue weighted by Crippen LogP contribution is 2.33. The number of likely N-dealkylation sites (tertiary alicyclic amines) is 1. The molecule has 1 unspecified atom stereocenters. The molecule has 6 nitrogen and oxygen atoms in total. The van der Waals surface area contributed by atoms with Gasteiger partial charge in [0.15, 0.2) is 0 Å². The number of carbonyl (C=O) groups is 2. The second kappa shape index (κ2) is 9.57. The molecule has 28 heavy (non-hydrogen) atoms. The van der Waals surface area contributed by atoms with Crippen LogP contribution in [0.4, 0.5) is 4.79 Å². The first-order valence-electron chi connectivity index (χ1n) is 9.34. The predicted molar refractivity (Wildman–Crippen MR) is 109 cm³/mol. The van der Waals surface area contributed by atoms with Gasteiger partial charge in [0.1, 0.15) is 5.75 Å². The molecule has 0 bridgehead atoms. The van der Waals surface area contributed by atoms with Crippen molar-refractivity contribution in [2.24, 2.45) is 0 Å². The highest BCUT2D eigenvalue weighted by Gasteiger charge is 2.26. The van der Waals surface area contributed by atoms with Crippen LogP contribution in [0.25, 0.3) is 0 Å². The number of nitrogens with zero attached hydrogens (tertiary/aromatic N) is 1. The molecule has 0 aromatic heterocycles. The fourth-order valence-corrected chi connectivity index (χ4v) is 3.56. The standard InChI is InChI=1S/C21H24ClN3O3/c1-23-21(27)28-18-5-2-4-16(14-18)19-6-3-12-25(19)13-11-24-20(26)15-7-9-17(22)10-8-15/h2,4-5,7-10,14,19H,3,6,11-13H2,1H3,(H,23,27)(H,24,26). The molecule has 1 aliphatic rings. The highest BCUT2D eigenvalue weighted by molar-refractivity contribution is 6.30. The van der Waals surface area contributed by atoms with E-state index in [-0.39, 0.29) is 11.9 Å². The van der Waals surface area contributed by atoms with Crippen LogP contribution in [-0.4, -0.2) is 43.6 Å². The molecule has 0 radical (unpaired) electrons. The van der Waals surface area contributed by atoms with Gasteiger partial charge in [-0.15, -0.1) is 0 Å². The monoisotopic (exact) mass is 401 g/mol. The number of halogens is 1. The maximum absolute atomic E-state index is 12.2. The van der Waals surface area contributed by atoms with Crippen molar-refractivity contribution in [3.8, 4) is 5.75 Å². The Morgan fingerprint density at radius 2 is 2.00 bits per heavy atom. The molecule has 1 heterocycles. The Kier molecular flexibility index (Phi) is 6.90. The van der Waals surface area contributed by atoms with E-state index in [2.05, 4.69) is 15.5 Å². The van der Waals surface area contributed by atoms with Gasteiger partial charge in [-0.25, -0.2) is 4.79 Å². The number of amides is 2. The number of carbonyl (C=O) groups excluding carboxylic acids is 2. The summed E-state index contributed by atoms with van der Waals surface area (Å²) in [4.78, 5) is 26.0. The Morgan fingerprint density at radius 1 is 1.21 bits per heavy atom. The SMILES string of the molecule is CNC(=O)Oc1cccc(C2CCCN2CCNC(=O)c2ccc(Cl)cc2)c1. The molecular formula is C21H24ClN3O3. The van der Waals surface area contributed by atoms with Crippen molar-refractivity contribution in [2.45, 2.75) is 18.9 Å². The lowest BCUT2D eigenvalue weighted by molar-refractivity contribution is 0.0947. The summed E-state index contributed by atoms with van der Waals surface area (Å²) in [6.45, 7) is 2.29. The first kappa shape index (κ1) is 20.2. The Bertz CT molecular complexity index is 826. The van der Waals surface area contributed by atoms with E-state index >= 15 is 0 Å². The first-order valence-corrected chi connectivity index (χ1v) is 9.72. The summed E-state index contributed by atoms with van der Waals surface area (Å²) >= 11 is 5.86. The number of hydrogen-bond acceptors (Lipinski definition) is 4. The zero-order valence-corrected chi connectivity index (χ0v) is 16.5. The predicted octanol–water partition coefficient (Wildman–Crippen LogP) is 3.63. The van der Waals surface area contributed by atoms with E-state index in [1.807, 2.05) is 18.2 Å². The average molecular weight is 402 g/mol. The van der Waals surface area contributed by atoms with Crippen LogP contribution in [0.2, 0.25) is 5.02 Å². The molecule has 7 heteroatoms. The number of hydrogen-bond donors (Lipinski definition) is 2. The van der Waals surface area contributed by atoms with Crippen molar-refractivity contribution >= 4 is 23.6 Å². The van der Waals surface area contributed by atoms with Crippen molar-refractivity contribution in [1.82, 2.24) is 15.5 Å². The van der Waals surface area contributed by atoms with Gasteiger partial charge in [-0.1, -0.05) is 23.7 Å². The molecule has 0 aliphatic carbocycles.